The first-order valence-corrected chi connectivity index (χ1v) is 7.35. The number of aromatic nitrogens is 1. The first kappa shape index (κ1) is 15.3. The molecule has 23 heavy (non-hydrogen) atoms. The van der Waals surface area contributed by atoms with Crippen LogP contribution in [0.15, 0.2) is 40.8 Å². The number of hydrogen-bond acceptors (Lipinski definition) is 4. The number of nitrogens with zero attached hydrogens (tertiary/aromatic N) is 2. The van der Waals surface area contributed by atoms with Crippen LogP contribution in [0.3, 0.4) is 0 Å². The van der Waals surface area contributed by atoms with Gasteiger partial charge >= 0.3 is 0 Å². The zero-order valence-electron chi connectivity index (χ0n) is 11.6. The molecule has 0 aliphatic carbocycles. The number of hydrogen-bond donors (Lipinski definition) is 1. The van der Waals surface area contributed by atoms with Crippen molar-refractivity contribution >= 4 is 45.9 Å². The summed E-state index contributed by atoms with van der Waals surface area (Å²) >= 11 is 12.0. The van der Waals surface area contributed by atoms with Crippen molar-refractivity contribution in [3.63, 3.8) is 0 Å². The SMILES string of the molecule is N#CCC(=O)Nc1ccc2oc(-c3ccc(Cl)cc3Cl)nc2c1. The zero-order valence-corrected chi connectivity index (χ0v) is 13.1. The van der Waals surface area contributed by atoms with E-state index in [1.165, 1.54) is 0 Å². The van der Waals surface area contributed by atoms with E-state index in [1.807, 2.05) is 0 Å². The number of carbonyl (C=O) groups is 1. The average Bonchev–Trinajstić information content (AvgIpc) is 2.90. The first-order chi connectivity index (χ1) is 11.1. The highest BCUT2D eigenvalue weighted by atomic mass is 35.5. The lowest BCUT2D eigenvalue weighted by Crippen LogP contribution is -2.09. The van der Waals surface area contributed by atoms with E-state index in [-0.39, 0.29) is 12.3 Å². The summed E-state index contributed by atoms with van der Waals surface area (Å²) in [5.74, 6) is -0.0153. The molecule has 0 spiro atoms. The highest BCUT2D eigenvalue weighted by molar-refractivity contribution is 6.36. The molecule has 0 fully saturated rings. The molecule has 3 rings (SSSR count). The Morgan fingerprint density at radius 3 is 2.83 bits per heavy atom. The van der Waals surface area contributed by atoms with Crippen LogP contribution < -0.4 is 5.32 Å². The van der Waals surface area contributed by atoms with E-state index in [4.69, 9.17) is 32.9 Å². The van der Waals surface area contributed by atoms with Crippen molar-refractivity contribution in [2.45, 2.75) is 6.42 Å². The molecule has 0 bridgehead atoms. The van der Waals surface area contributed by atoms with Gasteiger partial charge in [-0.2, -0.15) is 5.26 Å². The van der Waals surface area contributed by atoms with Gasteiger partial charge in [0.2, 0.25) is 11.8 Å². The molecule has 7 heteroatoms. The molecule has 0 aliphatic rings. The third kappa shape index (κ3) is 3.29. The lowest BCUT2D eigenvalue weighted by molar-refractivity contribution is -0.115. The Morgan fingerprint density at radius 1 is 1.26 bits per heavy atom. The van der Waals surface area contributed by atoms with Crippen LogP contribution >= 0.6 is 23.2 Å². The summed E-state index contributed by atoms with van der Waals surface area (Å²) in [6.07, 6.45) is -0.206. The van der Waals surface area contributed by atoms with Gasteiger partial charge in [-0.05, 0) is 36.4 Å². The van der Waals surface area contributed by atoms with Crippen molar-refractivity contribution in [2.75, 3.05) is 5.32 Å². The molecule has 5 nitrogen and oxygen atoms in total. The summed E-state index contributed by atoms with van der Waals surface area (Å²) in [5, 5.41) is 12.1. The molecule has 2 aromatic carbocycles. The quantitative estimate of drug-likeness (QED) is 0.748. The molecule has 1 heterocycles. The van der Waals surface area contributed by atoms with Crippen molar-refractivity contribution in [3.05, 3.63) is 46.4 Å². The Morgan fingerprint density at radius 2 is 2.09 bits per heavy atom. The Kier molecular flexibility index (Phi) is 4.20. The molecular weight excluding hydrogens is 337 g/mol. The molecule has 0 saturated heterocycles. The molecule has 0 aliphatic heterocycles. The summed E-state index contributed by atoms with van der Waals surface area (Å²) in [4.78, 5) is 15.8. The van der Waals surface area contributed by atoms with E-state index in [1.54, 1.807) is 42.5 Å². The van der Waals surface area contributed by atoms with E-state index >= 15 is 0 Å². The van der Waals surface area contributed by atoms with Crippen molar-refractivity contribution < 1.29 is 9.21 Å². The Labute approximate surface area is 141 Å². The maximum Gasteiger partial charge on any atom is 0.238 e. The monoisotopic (exact) mass is 345 g/mol. The van der Waals surface area contributed by atoms with Crippen LogP contribution in [-0.4, -0.2) is 10.9 Å². The van der Waals surface area contributed by atoms with Gasteiger partial charge in [-0.15, -0.1) is 0 Å². The summed E-state index contributed by atoms with van der Waals surface area (Å²) in [7, 11) is 0. The van der Waals surface area contributed by atoms with E-state index in [9.17, 15) is 4.79 Å². The van der Waals surface area contributed by atoms with E-state index in [0.717, 1.165) is 0 Å². The van der Waals surface area contributed by atoms with Crippen LogP contribution in [0.1, 0.15) is 6.42 Å². The summed E-state index contributed by atoms with van der Waals surface area (Å²) in [6.45, 7) is 0. The second-order valence-corrected chi connectivity index (χ2v) is 5.55. The fourth-order valence-corrected chi connectivity index (χ4v) is 2.55. The third-order valence-electron chi connectivity index (χ3n) is 3.07. The van der Waals surface area contributed by atoms with E-state index < -0.39 is 0 Å². The highest BCUT2D eigenvalue weighted by Crippen LogP contribution is 2.32. The minimum Gasteiger partial charge on any atom is -0.436 e. The molecule has 1 amide bonds. The summed E-state index contributed by atoms with van der Waals surface area (Å²) in [5.41, 5.74) is 2.30. The van der Waals surface area contributed by atoms with E-state index in [2.05, 4.69) is 10.3 Å². The van der Waals surface area contributed by atoms with Crippen molar-refractivity contribution in [1.82, 2.24) is 4.98 Å². The van der Waals surface area contributed by atoms with Gasteiger partial charge in [0.25, 0.3) is 0 Å². The number of benzene rings is 2. The molecule has 3 aromatic rings. The summed E-state index contributed by atoms with van der Waals surface area (Å²) < 4.78 is 5.68. The minimum absolute atomic E-state index is 0.206. The molecule has 1 aromatic heterocycles. The number of halogens is 2. The maximum atomic E-state index is 11.4. The van der Waals surface area contributed by atoms with E-state index in [0.29, 0.717) is 38.3 Å². The van der Waals surface area contributed by atoms with Crippen LogP contribution in [0.2, 0.25) is 10.0 Å². The van der Waals surface area contributed by atoms with Crippen molar-refractivity contribution in [2.24, 2.45) is 0 Å². The number of fused-ring (bicyclic) bond motifs is 1. The predicted octanol–water partition coefficient (Wildman–Crippen LogP) is 4.65. The van der Waals surface area contributed by atoms with Gasteiger partial charge in [-0.1, -0.05) is 23.2 Å². The molecule has 0 saturated carbocycles. The van der Waals surface area contributed by atoms with Crippen LogP contribution in [0.5, 0.6) is 0 Å². The summed E-state index contributed by atoms with van der Waals surface area (Å²) in [6, 6.07) is 11.9. The lowest BCUT2D eigenvalue weighted by Gasteiger charge is -2.00. The molecule has 1 N–H and O–H groups in total. The fourth-order valence-electron chi connectivity index (χ4n) is 2.06. The zero-order chi connectivity index (χ0) is 16.4. The second kappa shape index (κ2) is 6.29. The number of amides is 1. The van der Waals surface area contributed by atoms with Crippen LogP contribution in [0.4, 0.5) is 5.69 Å². The first-order valence-electron chi connectivity index (χ1n) is 6.59. The molecular formula is C16H9Cl2N3O2. The molecule has 0 atom stereocenters. The smallest absolute Gasteiger partial charge is 0.238 e. The van der Waals surface area contributed by atoms with Crippen LogP contribution in [-0.2, 0) is 4.79 Å². The predicted molar refractivity (Wildman–Crippen MR) is 88.3 cm³/mol. The van der Waals surface area contributed by atoms with Crippen LogP contribution in [0.25, 0.3) is 22.6 Å². The van der Waals surface area contributed by atoms with Gasteiger partial charge in [0, 0.05) is 10.7 Å². The lowest BCUT2D eigenvalue weighted by atomic mass is 10.2. The molecule has 0 unspecified atom stereocenters. The second-order valence-electron chi connectivity index (χ2n) is 4.71. The number of carbonyl (C=O) groups excluding carboxylic acids is 1. The highest BCUT2D eigenvalue weighted by Gasteiger charge is 2.13. The van der Waals surface area contributed by atoms with Gasteiger partial charge in [-0.3, -0.25) is 4.79 Å². The van der Waals surface area contributed by atoms with Crippen molar-refractivity contribution in [1.29, 1.82) is 5.26 Å². The van der Waals surface area contributed by atoms with Gasteiger partial charge in [0.15, 0.2) is 5.58 Å². The Bertz CT molecular complexity index is 944. The molecule has 0 radical (unpaired) electrons. The Balaban J connectivity index is 1.96. The average molecular weight is 346 g/mol. The normalized spacial score (nSPS) is 10.5. The number of oxazole rings is 1. The van der Waals surface area contributed by atoms with Crippen molar-refractivity contribution in [3.8, 4) is 17.5 Å². The minimum atomic E-state index is -0.378. The Hall–Kier alpha value is -2.55. The number of anilines is 1. The molecule has 114 valence electrons. The van der Waals surface area contributed by atoms with Gasteiger partial charge < -0.3 is 9.73 Å². The van der Waals surface area contributed by atoms with Gasteiger partial charge in [0.05, 0.1) is 16.7 Å². The largest absolute Gasteiger partial charge is 0.436 e. The van der Waals surface area contributed by atoms with Gasteiger partial charge in [-0.25, -0.2) is 4.98 Å². The van der Waals surface area contributed by atoms with Crippen LogP contribution in [0, 0.1) is 11.3 Å². The fraction of sp³-hybridized carbons (Fsp3) is 0.0625. The standard InChI is InChI=1S/C16H9Cl2N3O2/c17-9-1-3-11(12(18)7-9)16-21-13-8-10(2-4-14(13)23-16)20-15(22)5-6-19/h1-4,7-8H,5H2,(H,20,22). The number of nitriles is 1. The number of rotatable bonds is 3. The topological polar surface area (TPSA) is 78.9 Å². The third-order valence-corrected chi connectivity index (χ3v) is 3.62. The van der Waals surface area contributed by atoms with Gasteiger partial charge in [0.1, 0.15) is 11.9 Å². The maximum absolute atomic E-state index is 11.4. The number of nitrogens with one attached hydrogen (secondary N) is 1.